The predicted molar refractivity (Wildman–Crippen MR) is 117 cm³/mol. The number of carbonyl (C=O) groups is 1. The van der Waals surface area contributed by atoms with E-state index < -0.39 is 0 Å². The molecule has 0 radical (unpaired) electrons. The number of fused-ring (bicyclic) bond motifs is 1. The van der Waals surface area contributed by atoms with Crippen LogP contribution in [-0.2, 0) is 0 Å². The first-order valence-electron chi connectivity index (χ1n) is 9.22. The number of halogens is 1. The molecule has 2 amide bonds. The Labute approximate surface area is 177 Å². The summed E-state index contributed by atoms with van der Waals surface area (Å²) in [4.78, 5) is 17.6. The first-order chi connectivity index (χ1) is 13.6. The largest absolute Gasteiger partial charge is 0.335 e. The lowest BCUT2D eigenvalue weighted by Gasteiger charge is -2.16. The molecule has 0 spiro atoms. The summed E-state index contributed by atoms with van der Waals surface area (Å²) in [5, 5.41) is 16.2. The molecule has 0 unspecified atom stereocenters. The van der Waals surface area contributed by atoms with Crippen molar-refractivity contribution >= 4 is 56.8 Å². The fourth-order valence-corrected chi connectivity index (χ4v) is 4.88. The van der Waals surface area contributed by atoms with Crippen molar-refractivity contribution in [3.63, 3.8) is 0 Å². The third-order valence-electron chi connectivity index (χ3n) is 4.10. The number of hydrogen-bond donors (Lipinski definition) is 2. The van der Waals surface area contributed by atoms with Crippen molar-refractivity contribution < 1.29 is 4.79 Å². The van der Waals surface area contributed by atoms with Crippen LogP contribution in [0.3, 0.4) is 0 Å². The Balaban J connectivity index is 1.65. The number of urea groups is 1. The topological polar surface area (TPSA) is 79.8 Å². The number of nitrogens with one attached hydrogen (secondary N) is 2. The molecule has 6 nitrogen and oxygen atoms in total. The van der Waals surface area contributed by atoms with Crippen LogP contribution in [0, 0.1) is 0 Å². The van der Waals surface area contributed by atoms with Crippen LogP contribution < -0.4 is 10.6 Å². The Morgan fingerprint density at radius 2 is 2.00 bits per heavy atom. The standard InChI is InChI=1S/C19H22ClN5OS2/c1-3-5-13(6-4-2)22-17(26)23-18-24-25-19(28-18)27-16-9-10-21-15-11-12(20)7-8-14(15)16/h7-11,13H,3-6H2,1-2H3,(H2,22,23,24,26). The number of rotatable bonds is 8. The van der Waals surface area contributed by atoms with Crippen LogP contribution in [0.15, 0.2) is 39.7 Å². The van der Waals surface area contributed by atoms with Gasteiger partial charge in [0.15, 0.2) is 4.34 Å². The van der Waals surface area contributed by atoms with Crippen molar-refractivity contribution in [3.8, 4) is 0 Å². The molecule has 2 heterocycles. The van der Waals surface area contributed by atoms with Crippen LogP contribution in [0.4, 0.5) is 9.93 Å². The van der Waals surface area contributed by atoms with Gasteiger partial charge in [-0.3, -0.25) is 10.3 Å². The fraction of sp³-hybridized carbons (Fsp3) is 0.368. The van der Waals surface area contributed by atoms with Crippen molar-refractivity contribution in [2.75, 3.05) is 5.32 Å². The molecule has 2 aromatic heterocycles. The van der Waals surface area contributed by atoms with Crippen molar-refractivity contribution in [1.29, 1.82) is 0 Å². The minimum atomic E-state index is -0.233. The molecule has 0 saturated carbocycles. The molecule has 9 heteroatoms. The second-order valence-corrected chi connectivity index (χ2v) is 9.02. The molecular formula is C19H22ClN5OS2. The molecule has 0 atom stereocenters. The summed E-state index contributed by atoms with van der Waals surface area (Å²) in [6, 6.07) is 7.51. The molecule has 3 aromatic rings. The highest BCUT2D eigenvalue weighted by Gasteiger charge is 2.14. The van der Waals surface area contributed by atoms with Gasteiger partial charge in [0.25, 0.3) is 0 Å². The minimum Gasteiger partial charge on any atom is -0.335 e. The fourth-order valence-electron chi connectivity index (χ4n) is 2.88. The van der Waals surface area contributed by atoms with Crippen molar-refractivity contribution in [2.24, 2.45) is 0 Å². The van der Waals surface area contributed by atoms with E-state index in [1.807, 2.05) is 24.3 Å². The van der Waals surface area contributed by atoms with Crippen molar-refractivity contribution in [1.82, 2.24) is 20.5 Å². The van der Waals surface area contributed by atoms with Gasteiger partial charge in [-0.15, -0.1) is 10.2 Å². The summed E-state index contributed by atoms with van der Waals surface area (Å²) in [5.74, 6) is 0. The number of benzene rings is 1. The highest BCUT2D eigenvalue weighted by atomic mass is 35.5. The Morgan fingerprint density at radius 1 is 1.21 bits per heavy atom. The SMILES string of the molecule is CCCC(CCC)NC(=O)Nc1nnc(Sc2ccnc3cc(Cl)ccc23)s1. The van der Waals surface area contributed by atoms with Gasteiger partial charge in [-0.2, -0.15) is 0 Å². The van der Waals surface area contributed by atoms with E-state index in [1.165, 1.54) is 23.1 Å². The maximum atomic E-state index is 12.2. The number of pyridine rings is 1. The van der Waals surface area contributed by atoms with Gasteiger partial charge in [0.2, 0.25) is 5.13 Å². The van der Waals surface area contributed by atoms with E-state index in [1.54, 1.807) is 6.20 Å². The Morgan fingerprint density at radius 3 is 2.75 bits per heavy atom. The average Bonchev–Trinajstić information content (AvgIpc) is 3.08. The molecule has 0 fully saturated rings. The van der Waals surface area contributed by atoms with Crippen LogP contribution in [0.5, 0.6) is 0 Å². The molecule has 0 aliphatic heterocycles. The Bertz CT molecular complexity index is 943. The molecule has 0 bridgehead atoms. The van der Waals surface area contributed by atoms with E-state index in [4.69, 9.17) is 11.6 Å². The van der Waals surface area contributed by atoms with Crippen LogP contribution in [-0.4, -0.2) is 27.3 Å². The molecule has 3 rings (SSSR count). The molecule has 0 aliphatic carbocycles. The lowest BCUT2D eigenvalue weighted by molar-refractivity contribution is 0.246. The smallest absolute Gasteiger partial charge is 0.321 e. The summed E-state index contributed by atoms with van der Waals surface area (Å²) >= 11 is 8.88. The van der Waals surface area contributed by atoms with Gasteiger partial charge in [-0.25, -0.2) is 4.79 Å². The maximum Gasteiger partial charge on any atom is 0.321 e. The quantitative estimate of drug-likeness (QED) is 0.425. The summed E-state index contributed by atoms with van der Waals surface area (Å²) in [7, 11) is 0. The Kier molecular flexibility index (Phi) is 7.47. The van der Waals surface area contributed by atoms with Gasteiger partial charge >= 0.3 is 6.03 Å². The number of nitrogens with zero attached hydrogens (tertiary/aromatic N) is 3. The van der Waals surface area contributed by atoms with Crippen LogP contribution in [0.1, 0.15) is 39.5 Å². The van der Waals surface area contributed by atoms with E-state index >= 15 is 0 Å². The zero-order chi connectivity index (χ0) is 19.9. The van der Waals surface area contributed by atoms with Gasteiger partial charge in [0, 0.05) is 27.5 Å². The first kappa shape index (κ1) is 20.8. The van der Waals surface area contributed by atoms with Crippen LogP contribution in [0.25, 0.3) is 10.9 Å². The maximum absolute atomic E-state index is 12.2. The molecule has 2 N–H and O–H groups in total. The zero-order valence-electron chi connectivity index (χ0n) is 15.7. The minimum absolute atomic E-state index is 0.187. The number of anilines is 1. The van der Waals surface area contributed by atoms with Gasteiger partial charge in [0.1, 0.15) is 0 Å². The number of amides is 2. The normalized spacial score (nSPS) is 11.1. The highest BCUT2D eigenvalue weighted by Crippen LogP contribution is 2.36. The van der Waals surface area contributed by atoms with Gasteiger partial charge in [0.05, 0.1) is 5.52 Å². The lowest BCUT2D eigenvalue weighted by atomic mass is 10.1. The molecule has 148 valence electrons. The van der Waals surface area contributed by atoms with E-state index in [-0.39, 0.29) is 12.1 Å². The van der Waals surface area contributed by atoms with Crippen LogP contribution in [0.2, 0.25) is 5.02 Å². The average molecular weight is 436 g/mol. The molecule has 0 aliphatic rings. The van der Waals surface area contributed by atoms with E-state index in [0.717, 1.165) is 45.8 Å². The van der Waals surface area contributed by atoms with Gasteiger partial charge in [-0.05, 0) is 31.0 Å². The Hall–Kier alpha value is -1.90. The lowest BCUT2D eigenvalue weighted by Crippen LogP contribution is -2.37. The first-order valence-corrected chi connectivity index (χ1v) is 11.2. The van der Waals surface area contributed by atoms with Gasteiger partial charge in [-0.1, -0.05) is 67.5 Å². The molecule has 28 heavy (non-hydrogen) atoms. The third-order valence-corrected chi connectivity index (χ3v) is 6.30. The number of aromatic nitrogens is 3. The number of carbonyl (C=O) groups excluding carboxylic acids is 1. The summed E-state index contributed by atoms with van der Waals surface area (Å²) in [5.41, 5.74) is 0.831. The molecule has 1 aromatic carbocycles. The summed E-state index contributed by atoms with van der Waals surface area (Å²) < 4.78 is 0.747. The monoisotopic (exact) mass is 435 g/mol. The van der Waals surface area contributed by atoms with Crippen LogP contribution >= 0.6 is 34.7 Å². The van der Waals surface area contributed by atoms with E-state index in [9.17, 15) is 4.79 Å². The van der Waals surface area contributed by atoms with Gasteiger partial charge < -0.3 is 5.32 Å². The zero-order valence-corrected chi connectivity index (χ0v) is 18.1. The molecular weight excluding hydrogens is 414 g/mol. The van der Waals surface area contributed by atoms with Crippen molar-refractivity contribution in [3.05, 3.63) is 35.5 Å². The van der Waals surface area contributed by atoms with Crippen molar-refractivity contribution in [2.45, 2.75) is 54.8 Å². The van der Waals surface area contributed by atoms with E-state index in [2.05, 4.69) is 39.7 Å². The second-order valence-electron chi connectivity index (χ2n) is 6.32. The highest BCUT2D eigenvalue weighted by molar-refractivity contribution is 8.01. The molecule has 0 saturated heterocycles. The third kappa shape index (κ3) is 5.56. The predicted octanol–water partition coefficient (Wildman–Crippen LogP) is 5.98. The number of hydrogen-bond acceptors (Lipinski definition) is 6. The summed E-state index contributed by atoms with van der Waals surface area (Å²) in [6.07, 6.45) is 5.76. The second kappa shape index (κ2) is 10.0. The summed E-state index contributed by atoms with van der Waals surface area (Å²) in [6.45, 7) is 4.24. The van der Waals surface area contributed by atoms with E-state index in [0.29, 0.717) is 10.2 Å².